The van der Waals surface area contributed by atoms with E-state index in [9.17, 15) is 0 Å². The molecule has 0 aromatic carbocycles. The van der Waals surface area contributed by atoms with Crippen LogP contribution in [0.4, 0.5) is 0 Å². The predicted octanol–water partition coefficient (Wildman–Crippen LogP) is -2.02. The Hall–Kier alpha value is -0.0452. The monoisotopic (exact) mass is 252 g/mol. The summed E-state index contributed by atoms with van der Waals surface area (Å²) in [4.78, 5) is 0. The summed E-state index contributed by atoms with van der Waals surface area (Å²) < 4.78 is 0. The van der Waals surface area contributed by atoms with Gasteiger partial charge in [0.05, 0.1) is 0 Å². The third kappa shape index (κ3) is 6.77. The fourth-order valence-corrected chi connectivity index (χ4v) is 1.86. The van der Waals surface area contributed by atoms with Crippen molar-refractivity contribution in [2.24, 2.45) is 0 Å². The van der Waals surface area contributed by atoms with Crippen LogP contribution in [0.1, 0.15) is 33.6 Å². The van der Waals surface area contributed by atoms with E-state index < -0.39 is 0 Å². The second-order valence-corrected chi connectivity index (χ2v) is 4.84. The quantitative estimate of drug-likeness (QED) is 0.266. The van der Waals surface area contributed by atoms with Gasteiger partial charge in [0.15, 0.2) is 0 Å². The maximum Gasteiger partial charge on any atom is 0.375 e. The van der Waals surface area contributed by atoms with Crippen molar-refractivity contribution in [1.29, 1.82) is 0 Å². The fourth-order valence-electron chi connectivity index (χ4n) is 1.86. The molecule has 1 saturated heterocycles. The lowest BCUT2D eigenvalue weighted by molar-refractivity contribution is 0.536. The molecule has 6 nitrogen and oxygen atoms in total. The van der Waals surface area contributed by atoms with E-state index in [0.717, 1.165) is 33.6 Å². The Morgan fingerprint density at radius 2 is 1.72 bits per heavy atom. The summed E-state index contributed by atoms with van der Waals surface area (Å²) in [5.41, 5.74) is 0. The van der Waals surface area contributed by atoms with Gasteiger partial charge in [-0.2, -0.15) is 0 Å². The molecule has 1 atom stereocenters. The predicted molar refractivity (Wildman–Crippen MR) is 82.1 cm³/mol. The Labute approximate surface area is 113 Å². The van der Waals surface area contributed by atoms with Crippen molar-refractivity contribution in [3.8, 4) is 0 Å². The summed E-state index contributed by atoms with van der Waals surface area (Å²) in [5.74, 6) is 0. The fraction of sp³-hybridized carbons (Fsp3) is 1.00. The third-order valence-corrected chi connectivity index (χ3v) is 2.92. The molecule has 18 heavy (non-hydrogen) atoms. The van der Waals surface area contributed by atoms with Crippen LogP contribution in [-0.2, 0) is 0 Å². The summed E-state index contributed by atoms with van der Waals surface area (Å²) >= 11 is 0. The van der Waals surface area contributed by atoms with Crippen molar-refractivity contribution in [3.63, 3.8) is 0 Å². The molecule has 1 fully saturated rings. The topological polar surface area (TPSA) is 72.2 Å². The highest BCUT2D eigenvalue weighted by atomic mass is 15.2. The van der Waals surface area contributed by atoms with E-state index in [1.165, 1.54) is 6.42 Å². The molecule has 1 rings (SSSR count). The highest BCUT2D eigenvalue weighted by Gasteiger charge is 2.27. The molecule has 102 valence electrons. The van der Waals surface area contributed by atoms with Crippen molar-refractivity contribution in [2.45, 2.75) is 39.7 Å². The average molecular weight is 252 g/mol. The van der Waals surface area contributed by atoms with Crippen molar-refractivity contribution in [3.05, 3.63) is 0 Å². The minimum atomic E-state index is 0.159. The molecule has 0 bridgehead atoms. The molecule has 6 N–H and O–H groups in total. The normalized spacial score (nSPS) is 17.7. The van der Waals surface area contributed by atoms with E-state index in [-0.39, 0.29) is 14.2 Å². The first-order valence-corrected chi connectivity index (χ1v) is 7.19. The Morgan fingerprint density at radius 3 is 2.39 bits per heavy atom. The molecule has 0 radical (unpaired) electrons. The summed E-state index contributed by atoms with van der Waals surface area (Å²) in [6.45, 7) is 9.61. The zero-order valence-corrected chi connectivity index (χ0v) is 12.0. The SMILES string of the molecule is CCCNB1NBNB(NCC(C)NCCC)N1. The molecule has 0 spiro atoms. The van der Waals surface area contributed by atoms with E-state index in [1.54, 1.807) is 0 Å². The highest BCUT2D eigenvalue weighted by Crippen LogP contribution is 1.82. The van der Waals surface area contributed by atoms with E-state index in [1.807, 2.05) is 0 Å². The van der Waals surface area contributed by atoms with Crippen LogP contribution in [0.25, 0.3) is 0 Å². The van der Waals surface area contributed by atoms with Crippen molar-refractivity contribution in [1.82, 2.24) is 31.2 Å². The molecular formula is C9H27B3N6. The minimum Gasteiger partial charge on any atom is -0.360 e. The van der Waals surface area contributed by atoms with Crippen LogP contribution in [0.15, 0.2) is 0 Å². The number of rotatable bonds is 9. The lowest BCUT2D eigenvalue weighted by Gasteiger charge is -2.29. The van der Waals surface area contributed by atoms with Gasteiger partial charge in [-0.15, -0.1) is 0 Å². The maximum absolute atomic E-state index is 3.47. The van der Waals surface area contributed by atoms with Crippen LogP contribution in [-0.4, -0.2) is 47.5 Å². The molecule has 0 saturated carbocycles. The molecule has 0 aliphatic carbocycles. The van der Waals surface area contributed by atoms with E-state index in [0.29, 0.717) is 6.04 Å². The summed E-state index contributed by atoms with van der Waals surface area (Å²) in [6, 6.07) is 0.491. The van der Waals surface area contributed by atoms with Crippen molar-refractivity contribution in [2.75, 3.05) is 19.6 Å². The molecular weight excluding hydrogens is 225 g/mol. The van der Waals surface area contributed by atoms with Gasteiger partial charge in [0.25, 0.3) is 7.55 Å². The summed E-state index contributed by atoms with van der Waals surface area (Å²) in [7, 11) is 1.15. The zero-order chi connectivity index (χ0) is 13.2. The molecule has 1 unspecified atom stereocenters. The van der Waals surface area contributed by atoms with E-state index in [4.69, 9.17) is 0 Å². The van der Waals surface area contributed by atoms with Gasteiger partial charge >= 0.3 is 14.2 Å². The Kier molecular flexibility index (Phi) is 8.74. The second-order valence-electron chi connectivity index (χ2n) is 4.84. The first-order chi connectivity index (χ1) is 8.76. The van der Waals surface area contributed by atoms with Gasteiger partial charge in [0.2, 0.25) is 0 Å². The average Bonchev–Trinajstić information content (AvgIpc) is 2.41. The van der Waals surface area contributed by atoms with Crippen LogP contribution in [0.3, 0.4) is 0 Å². The van der Waals surface area contributed by atoms with Crippen LogP contribution < -0.4 is 31.2 Å². The first kappa shape index (κ1) is 16.0. The summed E-state index contributed by atoms with van der Waals surface area (Å²) in [5, 5.41) is 20.4. The van der Waals surface area contributed by atoms with Gasteiger partial charge in [-0.3, -0.25) is 0 Å². The van der Waals surface area contributed by atoms with Crippen LogP contribution >= 0.6 is 0 Å². The molecule has 0 aromatic heterocycles. The molecule has 0 aromatic rings. The lowest BCUT2D eigenvalue weighted by atomic mass is 9.69. The Bertz CT molecular complexity index is 211. The van der Waals surface area contributed by atoms with Crippen LogP contribution in [0, 0.1) is 0 Å². The van der Waals surface area contributed by atoms with Gasteiger partial charge in [-0.1, -0.05) is 13.8 Å². The summed E-state index contributed by atoms with van der Waals surface area (Å²) in [6.07, 6.45) is 2.32. The molecule has 9 heteroatoms. The second kappa shape index (κ2) is 9.83. The third-order valence-electron chi connectivity index (χ3n) is 2.92. The van der Waals surface area contributed by atoms with Crippen LogP contribution in [0.2, 0.25) is 0 Å². The maximum atomic E-state index is 3.47. The standard InChI is InChI=1S/C9H27B3N6/c1-4-6-13-9(3)8-15-12-17-10-16-11(18-12)14-7-5-2/h9-10,13-18H,4-8H2,1-3H3. The van der Waals surface area contributed by atoms with Crippen LogP contribution in [0.5, 0.6) is 0 Å². The van der Waals surface area contributed by atoms with Gasteiger partial charge in [-0.05, 0) is 32.9 Å². The van der Waals surface area contributed by atoms with Gasteiger partial charge in [0, 0.05) is 12.6 Å². The highest BCUT2D eigenvalue weighted by molar-refractivity contribution is 6.79. The largest absolute Gasteiger partial charge is 0.375 e. The van der Waals surface area contributed by atoms with Crippen molar-refractivity contribution < 1.29 is 0 Å². The van der Waals surface area contributed by atoms with E-state index in [2.05, 4.69) is 52.0 Å². The number of nitrogens with one attached hydrogen (secondary N) is 6. The number of hydrogen-bond donors (Lipinski definition) is 6. The van der Waals surface area contributed by atoms with Gasteiger partial charge in [0.1, 0.15) is 0 Å². The van der Waals surface area contributed by atoms with Gasteiger partial charge in [-0.25, -0.2) is 0 Å². The first-order valence-electron chi connectivity index (χ1n) is 7.19. The number of hydrogen-bond acceptors (Lipinski definition) is 6. The zero-order valence-electron chi connectivity index (χ0n) is 12.0. The van der Waals surface area contributed by atoms with E-state index >= 15 is 0 Å². The molecule has 1 heterocycles. The Balaban J connectivity index is 2.13. The van der Waals surface area contributed by atoms with Gasteiger partial charge < -0.3 is 31.2 Å². The molecule has 0 amide bonds. The lowest BCUT2D eigenvalue weighted by Crippen LogP contribution is -2.78. The molecule has 1 aliphatic rings. The Morgan fingerprint density at radius 1 is 1.06 bits per heavy atom. The minimum absolute atomic E-state index is 0.159. The van der Waals surface area contributed by atoms with Crippen molar-refractivity contribution >= 4 is 21.8 Å². The smallest absolute Gasteiger partial charge is 0.360 e. The molecule has 1 aliphatic heterocycles.